The van der Waals surface area contributed by atoms with Gasteiger partial charge in [0.2, 0.25) is 0 Å². The Kier molecular flexibility index (Phi) is 9.90. The third-order valence-corrected chi connectivity index (χ3v) is 5.42. The minimum absolute atomic E-state index is 0.188. The van der Waals surface area contributed by atoms with Gasteiger partial charge in [0.1, 0.15) is 11.5 Å². The number of ether oxygens (including phenoxy) is 2. The minimum atomic E-state index is 0.188. The quantitative estimate of drug-likeness (QED) is 0.392. The summed E-state index contributed by atoms with van der Waals surface area (Å²) < 4.78 is 12.1. The van der Waals surface area contributed by atoms with E-state index in [0.717, 1.165) is 50.6 Å². The Bertz CT molecular complexity index is 773. The summed E-state index contributed by atoms with van der Waals surface area (Å²) in [6.07, 6.45) is 2.10. The Morgan fingerprint density at radius 2 is 1.39 bits per heavy atom. The molecule has 0 radical (unpaired) electrons. The zero-order chi connectivity index (χ0) is 22.9. The second kappa shape index (κ2) is 12.1. The summed E-state index contributed by atoms with van der Waals surface area (Å²) in [5.41, 5.74) is 4.02. The Balaban J connectivity index is 1.98. The van der Waals surface area contributed by atoms with E-state index in [1.54, 1.807) is 0 Å². The van der Waals surface area contributed by atoms with E-state index in [4.69, 9.17) is 9.47 Å². The Hall–Kier alpha value is -2.00. The molecule has 0 heterocycles. The van der Waals surface area contributed by atoms with Crippen molar-refractivity contribution in [3.05, 3.63) is 59.2 Å². The first kappa shape index (κ1) is 25.3. The average molecular weight is 426 g/mol. The summed E-state index contributed by atoms with van der Waals surface area (Å²) in [6, 6.07) is 15.2. The summed E-state index contributed by atoms with van der Waals surface area (Å²) in [5, 5.41) is 3.57. The fraction of sp³-hybridized carbons (Fsp3) is 0.571. The van der Waals surface area contributed by atoms with Crippen LogP contribution in [0.15, 0.2) is 42.5 Å². The molecule has 0 amide bonds. The maximum atomic E-state index is 6.15. The van der Waals surface area contributed by atoms with E-state index in [9.17, 15) is 0 Å². The van der Waals surface area contributed by atoms with Gasteiger partial charge in [-0.1, -0.05) is 78.8 Å². The molecule has 172 valence electrons. The molecule has 2 aromatic rings. The molecular formula is C28H43NO2. The number of hydrogen-bond donors (Lipinski definition) is 1. The van der Waals surface area contributed by atoms with Gasteiger partial charge in [-0.3, -0.25) is 0 Å². The van der Waals surface area contributed by atoms with Crippen molar-refractivity contribution in [2.75, 3.05) is 13.2 Å². The molecule has 0 saturated carbocycles. The van der Waals surface area contributed by atoms with E-state index in [2.05, 4.69) is 96.2 Å². The van der Waals surface area contributed by atoms with Crippen molar-refractivity contribution in [2.45, 2.75) is 79.8 Å². The van der Waals surface area contributed by atoms with Crippen molar-refractivity contribution in [3.63, 3.8) is 0 Å². The van der Waals surface area contributed by atoms with Gasteiger partial charge >= 0.3 is 0 Å². The van der Waals surface area contributed by atoms with Crippen molar-refractivity contribution in [2.24, 2.45) is 11.8 Å². The molecule has 0 unspecified atom stereocenters. The summed E-state index contributed by atoms with van der Waals surface area (Å²) >= 11 is 0. The zero-order valence-electron chi connectivity index (χ0n) is 20.8. The van der Waals surface area contributed by atoms with Crippen LogP contribution in [0.4, 0.5) is 0 Å². The van der Waals surface area contributed by atoms with Gasteiger partial charge in [0, 0.05) is 24.7 Å². The number of rotatable bonds is 12. The highest BCUT2D eigenvalue weighted by molar-refractivity contribution is 5.41. The van der Waals surface area contributed by atoms with E-state index >= 15 is 0 Å². The molecule has 2 rings (SSSR count). The third kappa shape index (κ3) is 9.35. The Morgan fingerprint density at radius 3 is 1.97 bits per heavy atom. The fourth-order valence-electron chi connectivity index (χ4n) is 3.19. The van der Waals surface area contributed by atoms with Gasteiger partial charge in [0.15, 0.2) is 0 Å². The molecule has 0 aliphatic rings. The van der Waals surface area contributed by atoms with E-state index in [0.29, 0.717) is 11.8 Å². The molecule has 0 bridgehead atoms. The lowest BCUT2D eigenvalue weighted by Crippen LogP contribution is -2.15. The van der Waals surface area contributed by atoms with Crippen molar-refractivity contribution < 1.29 is 9.47 Å². The molecular weight excluding hydrogens is 382 g/mol. The van der Waals surface area contributed by atoms with Crippen molar-refractivity contribution in [1.82, 2.24) is 5.32 Å². The summed E-state index contributed by atoms with van der Waals surface area (Å²) in [6.45, 7) is 18.7. The van der Waals surface area contributed by atoms with Crippen molar-refractivity contribution in [1.29, 1.82) is 0 Å². The van der Waals surface area contributed by atoms with Gasteiger partial charge in [0.25, 0.3) is 0 Å². The minimum Gasteiger partial charge on any atom is -0.493 e. The van der Waals surface area contributed by atoms with Gasteiger partial charge in [-0.05, 0) is 47.3 Å². The van der Waals surface area contributed by atoms with Crippen LogP contribution in [0.2, 0.25) is 0 Å². The monoisotopic (exact) mass is 425 g/mol. The Labute approximate surface area is 190 Å². The topological polar surface area (TPSA) is 30.5 Å². The highest BCUT2D eigenvalue weighted by atomic mass is 16.5. The van der Waals surface area contributed by atoms with Crippen LogP contribution in [-0.2, 0) is 18.5 Å². The number of nitrogens with one attached hydrogen (secondary N) is 1. The van der Waals surface area contributed by atoms with Crippen LogP contribution in [0.25, 0.3) is 0 Å². The van der Waals surface area contributed by atoms with Crippen molar-refractivity contribution >= 4 is 0 Å². The predicted molar refractivity (Wildman–Crippen MR) is 132 cm³/mol. The first-order valence-corrected chi connectivity index (χ1v) is 11.8. The number of benzene rings is 2. The molecule has 0 aromatic heterocycles. The van der Waals surface area contributed by atoms with Crippen LogP contribution in [0.1, 0.15) is 78.0 Å². The van der Waals surface area contributed by atoms with E-state index in [1.807, 2.05) is 0 Å². The second-order valence-corrected chi connectivity index (χ2v) is 10.4. The standard InChI is InChI=1S/C28H43NO2/c1-21(2)14-16-30-26-13-10-24(27(18-26)31-17-15-22(3)4)20-29-19-23-8-11-25(12-9-23)28(5,6)7/h8-13,18,21-22,29H,14-17,19-20H2,1-7H3. The molecule has 0 aliphatic carbocycles. The summed E-state index contributed by atoms with van der Waals surface area (Å²) in [5.74, 6) is 3.09. The van der Waals surface area contributed by atoms with Crippen LogP contribution in [-0.4, -0.2) is 13.2 Å². The lowest BCUT2D eigenvalue weighted by Gasteiger charge is -2.19. The van der Waals surface area contributed by atoms with Gasteiger partial charge in [-0.2, -0.15) is 0 Å². The largest absolute Gasteiger partial charge is 0.493 e. The van der Waals surface area contributed by atoms with Crippen LogP contribution in [0.5, 0.6) is 11.5 Å². The van der Waals surface area contributed by atoms with Gasteiger partial charge < -0.3 is 14.8 Å². The van der Waals surface area contributed by atoms with Crippen LogP contribution in [0, 0.1) is 11.8 Å². The maximum Gasteiger partial charge on any atom is 0.127 e. The average Bonchev–Trinajstić information content (AvgIpc) is 2.68. The SMILES string of the molecule is CC(C)CCOc1ccc(CNCc2ccc(C(C)(C)C)cc2)c(OCCC(C)C)c1. The first-order chi connectivity index (χ1) is 14.6. The molecule has 1 N–H and O–H groups in total. The normalized spacial score (nSPS) is 11.9. The van der Waals surface area contributed by atoms with E-state index in [-0.39, 0.29) is 5.41 Å². The molecule has 3 nitrogen and oxygen atoms in total. The summed E-state index contributed by atoms with van der Waals surface area (Å²) in [4.78, 5) is 0. The zero-order valence-corrected chi connectivity index (χ0v) is 20.8. The first-order valence-electron chi connectivity index (χ1n) is 11.8. The van der Waals surface area contributed by atoms with Crippen LogP contribution < -0.4 is 14.8 Å². The maximum absolute atomic E-state index is 6.15. The number of hydrogen-bond acceptors (Lipinski definition) is 3. The van der Waals surface area contributed by atoms with Crippen LogP contribution >= 0.6 is 0 Å². The molecule has 0 aliphatic heterocycles. The molecule has 31 heavy (non-hydrogen) atoms. The van der Waals surface area contributed by atoms with Crippen LogP contribution in [0.3, 0.4) is 0 Å². The molecule has 2 aromatic carbocycles. The smallest absolute Gasteiger partial charge is 0.127 e. The molecule has 0 atom stereocenters. The second-order valence-electron chi connectivity index (χ2n) is 10.4. The highest BCUT2D eigenvalue weighted by Gasteiger charge is 2.13. The highest BCUT2D eigenvalue weighted by Crippen LogP contribution is 2.26. The van der Waals surface area contributed by atoms with E-state index in [1.165, 1.54) is 16.7 Å². The summed E-state index contributed by atoms with van der Waals surface area (Å²) in [7, 11) is 0. The molecule has 3 heteroatoms. The fourth-order valence-corrected chi connectivity index (χ4v) is 3.19. The predicted octanol–water partition coefficient (Wildman–Crippen LogP) is 7.12. The third-order valence-electron chi connectivity index (χ3n) is 5.42. The molecule has 0 spiro atoms. The van der Waals surface area contributed by atoms with Crippen molar-refractivity contribution in [3.8, 4) is 11.5 Å². The van der Waals surface area contributed by atoms with Gasteiger partial charge in [-0.25, -0.2) is 0 Å². The molecule has 0 fully saturated rings. The lowest BCUT2D eigenvalue weighted by atomic mass is 9.87. The molecule has 0 saturated heterocycles. The van der Waals surface area contributed by atoms with Gasteiger partial charge in [0.05, 0.1) is 13.2 Å². The van der Waals surface area contributed by atoms with Gasteiger partial charge in [-0.15, -0.1) is 0 Å². The van der Waals surface area contributed by atoms with E-state index < -0.39 is 0 Å². The lowest BCUT2D eigenvalue weighted by molar-refractivity contribution is 0.274. The Morgan fingerprint density at radius 1 is 0.774 bits per heavy atom.